The zero-order valence-corrected chi connectivity index (χ0v) is 13.5. The second kappa shape index (κ2) is 8.17. The van der Waals surface area contributed by atoms with Crippen molar-refractivity contribution in [2.24, 2.45) is 0 Å². The summed E-state index contributed by atoms with van der Waals surface area (Å²) in [5, 5.41) is 0.839. The highest BCUT2D eigenvalue weighted by atomic mass is 31.2. The molecule has 0 heterocycles. The molecule has 21 heavy (non-hydrogen) atoms. The third kappa shape index (κ3) is 4.84. The highest BCUT2D eigenvalue weighted by Crippen LogP contribution is 2.46. The Balaban J connectivity index is 1.90. The molecule has 112 valence electrons. The molecular weight excluding hydrogens is 279 g/mol. The summed E-state index contributed by atoms with van der Waals surface area (Å²) in [4.78, 5) is 0. The minimum atomic E-state index is -2.69. The molecule has 2 nitrogen and oxygen atoms in total. The fourth-order valence-electron chi connectivity index (χ4n) is 2.43. The molecule has 0 fully saturated rings. The Labute approximate surface area is 127 Å². The van der Waals surface area contributed by atoms with Gasteiger partial charge in [0.25, 0.3) is 0 Å². The van der Waals surface area contributed by atoms with Gasteiger partial charge in [-0.2, -0.15) is 0 Å². The van der Waals surface area contributed by atoms with Crippen LogP contribution < -0.4 is 5.30 Å². The fraction of sp³-hybridized carbons (Fsp3) is 0.333. The van der Waals surface area contributed by atoms with Gasteiger partial charge in [0, 0.05) is 11.5 Å². The van der Waals surface area contributed by atoms with Crippen molar-refractivity contribution in [2.45, 2.75) is 26.2 Å². The van der Waals surface area contributed by atoms with Crippen molar-refractivity contribution in [2.75, 3.05) is 12.8 Å². The van der Waals surface area contributed by atoms with Gasteiger partial charge in [-0.15, -0.1) is 0 Å². The summed E-state index contributed by atoms with van der Waals surface area (Å²) in [6.07, 6.45) is 3.61. The van der Waals surface area contributed by atoms with Crippen LogP contribution in [0.5, 0.6) is 0 Å². The van der Waals surface area contributed by atoms with Crippen molar-refractivity contribution in [3.05, 3.63) is 66.2 Å². The summed E-state index contributed by atoms with van der Waals surface area (Å²) >= 11 is 0. The number of hydrogen-bond donors (Lipinski definition) is 0. The molecule has 0 N–H and O–H groups in total. The third-order valence-electron chi connectivity index (χ3n) is 3.50. The van der Waals surface area contributed by atoms with Gasteiger partial charge < -0.3 is 4.52 Å². The molecule has 0 aliphatic carbocycles. The standard InChI is InChI=1S/C18H23O2P/c1-2-20-21(19,18-14-7-4-8-15-18)16-10-9-13-17-11-5-3-6-12-17/h3-8,11-12,14-15H,2,9-10,13,16H2,1H3. The van der Waals surface area contributed by atoms with Gasteiger partial charge in [0.05, 0.1) is 6.61 Å². The monoisotopic (exact) mass is 302 g/mol. The molecule has 2 aromatic carbocycles. The Kier molecular flexibility index (Phi) is 6.22. The van der Waals surface area contributed by atoms with Gasteiger partial charge in [0.15, 0.2) is 0 Å². The lowest BCUT2D eigenvalue weighted by molar-refractivity contribution is 0.339. The zero-order valence-electron chi connectivity index (χ0n) is 12.6. The molecule has 0 aliphatic heterocycles. The molecule has 1 atom stereocenters. The molecule has 0 amide bonds. The van der Waals surface area contributed by atoms with Gasteiger partial charge in [-0.25, -0.2) is 0 Å². The van der Waals surface area contributed by atoms with Crippen LogP contribution in [0.3, 0.4) is 0 Å². The first-order chi connectivity index (χ1) is 10.2. The summed E-state index contributed by atoms with van der Waals surface area (Å²) < 4.78 is 18.6. The molecule has 0 saturated heterocycles. The summed E-state index contributed by atoms with van der Waals surface area (Å²) in [5.41, 5.74) is 1.34. The smallest absolute Gasteiger partial charge is 0.232 e. The number of benzene rings is 2. The number of rotatable bonds is 8. The Hall–Kier alpha value is -1.37. The van der Waals surface area contributed by atoms with Gasteiger partial charge in [0.1, 0.15) is 0 Å². The van der Waals surface area contributed by atoms with E-state index in [1.807, 2.05) is 43.3 Å². The predicted molar refractivity (Wildman–Crippen MR) is 89.6 cm³/mol. The Morgan fingerprint density at radius 3 is 2.14 bits per heavy atom. The van der Waals surface area contributed by atoms with E-state index >= 15 is 0 Å². The third-order valence-corrected chi connectivity index (χ3v) is 6.16. The lowest BCUT2D eigenvalue weighted by atomic mass is 10.1. The Bertz CT molecular complexity index is 566. The van der Waals surface area contributed by atoms with Crippen LogP contribution in [0.2, 0.25) is 0 Å². The van der Waals surface area contributed by atoms with Crippen molar-refractivity contribution in [1.29, 1.82) is 0 Å². The second-order valence-electron chi connectivity index (χ2n) is 5.09. The van der Waals surface area contributed by atoms with E-state index in [9.17, 15) is 4.57 Å². The predicted octanol–water partition coefficient (Wildman–Crippen LogP) is 4.65. The number of hydrogen-bond acceptors (Lipinski definition) is 2. The topological polar surface area (TPSA) is 26.3 Å². The van der Waals surface area contributed by atoms with Crippen molar-refractivity contribution in [3.63, 3.8) is 0 Å². The highest BCUT2D eigenvalue weighted by molar-refractivity contribution is 7.67. The number of aryl methyl sites for hydroxylation is 1. The van der Waals surface area contributed by atoms with E-state index in [-0.39, 0.29) is 0 Å². The summed E-state index contributed by atoms with van der Waals surface area (Å²) in [7, 11) is -2.69. The molecule has 2 aromatic rings. The van der Waals surface area contributed by atoms with Crippen LogP contribution in [0.4, 0.5) is 0 Å². The maximum Gasteiger partial charge on any atom is 0.232 e. The Morgan fingerprint density at radius 2 is 1.52 bits per heavy atom. The van der Waals surface area contributed by atoms with Crippen LogP contribution in [-0.2, 0) is 15.5 Å². The normalized spacial score (nSPS) is 13.8. The van der Waals surface area contributed by atoms with Gasteiger partial charge in [-0.3, -0.25) is 4.57 Å². The minimum Gasteiger partial charge on any atom is -0.326 e. The van der Waals surface area contributed by atoms with E-state index in [1.54, 1.807) is 0 Å². The quantitative estimate of drug-likeness (QED) is 0.524. The van der Waals surface area contributed by atoms with Crippen molar-refractivity contribution < 1.29 is 9.09 Å². The molecule has 0 saturated carbocycles. The molecule has 0 bridgehead atoms. The van der Waals surface area contributed by atoms with Crippen molar-refractivity contribution in [1.82, 2.24) is 0 Å². The van der Waals surface area contributed by atoms with Crippen LogP contribution >= 0.6 is 7.37 Å². The van der Waals surface area contributed by atoms with Gasteiger partial charge >= 0.3 is 0 Å². The van der Waals surface area contributed by atoms with E-state index in [1.165, 1.54) is 5.56 Å². The first-order valence-corrected chi connectivity index (χ1v) is 9.39. The minimum absolute atomic E-state index is 0.491. The maximum atomic E-state index is 13.0. The van der Waals surface area contributed by atoms with Crippen LogP contribution in [-0.4, -0.2) is 12.8 Å². The molecule has 0 spiro atoms. The first kappa shape index (κ1) is 16.0. The highest BCUT2D eigenvalue weighted by Gasteiger charge is 2.24. The van der Waals surface area contributed by atoms with Crippen LogP contribution in [0, 0.1) is 0 Å². The lowest BCUT2D eigenvalue weighted by Crippen LogP contribution is -2.10. The van der Waals surface area contributed by atoms with Crippen LogP contribution in [0.15, 0.2) is 60.7 Å². The summed E-state index contributed by atoms with van der Waals surface area (Å²) in [6.45, 7) is 2.39. The zero-order chi connectivity index (χ0) is 15.0. The molecular formula is C18H23O2P. The maximum absolute atomic E-state index is 13.0. The molecule has 0 radical (unpaired) electrons. The molecule has 1 unspecified atom stereocenters. The van der Waals surface area contributed by atoms with E-state index < -0.39 is 7.37 Å². The van der Waals surface area contributed by atoms with Crippen molar-refractivity contribution >= 4 is 12.7 Å². The van der Waals surface area contributed by atoms with E-state index in [2.05, 4.69) is 24.3 Å². The second-order valence-corrected chi connectivity index (χ2v) is 7.66. The fourth-order valence-corrected chi connectivity index (χ4v) is 4.65. The molecule has 2 rings (SSSR count). The lowest BCUT2D eigenvalue weighted by Gasteiger charge is -2.18. The van der Waals surface area contributed by atoms with Gasteiger partial charge in [0.2, 0.25) is 7.37 Å². The Morgan fingerprint density at radius 1 is 0.905 bits per heavy atom. The first-order valence-electron chi connectivity index (χ1n) is 7.58. The average Bonchev–Trinajstić information content (AvgIpc) is 2.54. The average molecular weight is 302 g/mol. The molecule has 0 aromatic heterocycles. The summed E-state index contributed by atoms with van der Waals surface area (Å²) in [5.74, 6) is 0. The van der Waals surface area contributed by atoms with Crippen molar-refractivity contribution in [3.8, 4) is 0 Å². The summed E-state index contributed by atoms with van der Waals surface area (Å²) in [6, 6.07) is 20.0. The van der Waals surface area contributed by atoms with Gasteiger partial charge in [-0.1, -0.05) is 48.5 Å². The molecule has 0 aliphatic rings. The SMILES string of the molecule is CCOP(=O)(CCCCc1ccccc1)c1ccccc1. The number of unbranched alkanes of at least 4 members (excludes halogenated alkanes) is 1. The van der Waals surface area contributed by atoms with E-state index in [0.717, 1.165) is 24.6 Å². The van der Waals surface area contributed by atoms with Gasteiger partial charge in [-0.05, 0) is 43.9 Å². The van der Waals surface area contributed by atoms with E-state index in [0.29, 0.717) is 12.8 Å². The largest absolute Gasteiger partial charge is 0.326 e. The van der Waals surface area contributed by atoms with E-state index in [4.69, 9.17) is 4.52 Å². The molecule has 3 heteroatoms. The van der Waals surface area contributed by atoms with Crippen LogP contribution in [0.1, 0.15) is 25.3 Å². The van der Waals surface area contributed by atoms with Crippen LogP contribution in [0.25, 0.3) is 0 Å².